The van der Waals surface area contributed by atoms with E-state index in [0.717, 1.165) is 10.5 Å². The van der Waals surface area contributed by atoms with Crippen LogP contribution in [0.15, 0.2) is 42.5 Å². The third-order valence-electron chi connectivity index (χ3n) is 6.61. The molecule has 0 saturated carbocycles. The average Bonchev–Trinajstić information content (AvgIpc) is 3.34. The monoisotopic (exact) mass is 658 g/mol. The van der Waals surface area contributed by atoms with Crippen LogP contribution in [0, 0.1) is 10.8 Å². The van der Waals surface area contributed by atoms with E-state index >= 15 is 0 Å². The number of hydrogen-bond donors (Lipinski definition) is 5. The van der Waals surface area contributed by atoms with Crippen molar-refractivity contribution in [2.75, 3.05) is 32.7 Å². The maximum Gasteiger partial charge on any atom is 0.253 e. The van der Waals surface area contributed by atoms with Crippen molar-refractivity contribution in [1.82, 2.24) is 31.5 Å². The Morgan fingerprint density at radius 1 is 0.723 bits per heavy atom. The third-order valence-corrected chi connectivity index (χ3v) is 6.61. The molecule has 0 bridgehead atoms. The normalized spacial score (nSPS) is 12.8. The van der Waals surface area contributed by atoms with E-state index in [0.29, 0.717) is 13.0 Å². The highest BCUT2D eigenvalue weighted by atomic mass is 16.2. The lowest BCUT2D eigenvalue weighted by atomic mass is 9.74. The van der Waals surface area contributed by atoms with Crippen LogP contribution in [0.1, 0.15) is 74.3 Å². The summed E-state index contributed by atoms with van der Waals surface area (Å²) in [5.41, 5.74) is -0.735. The third kappa shape index (κ3) is 16.0. The van der Waals surface area contributed by atoms with E-state index in [9.17, 15) is 33.6 Å². The van der Waals surface area contributed by atoms with Gasteiger partial charge in [0.1, 0.15) is 6.04 Å². The zero-order valence-corrected chi connectivity index (χ0v) is 29.4. The van der Waals surface area contributed by atoms with E-state index in [1.165, 1.54) is 12.2 Å². The predicted molar refractivity (Wildman–Crippen MR) is 181 cm³/mol. The molecule has 0 radical (unpaired) electrons. The molecule has 1 aliphatic heterocycles. The van der Waals surface area contributed by atoms with Gasteiger partial charge in [-0.1, -0.05) is 85.7 Å². The fraction of sp³-hybridized carbons (Fsp3) is 0.559. The van der Waals surface area contributed by atoms with Crippen molar-refractivity contribution in [2.45, 2.75) is 81.2 Å². The number of carbonyl (C=O) groups excluding carboxylic acids is 7. The first-order valence-electron chi connectivity index (χ1n) is 16.1. The summed E-state index contributed by atoms with van der Waals surface area (Å²) in [7, 11) is 0. The standard InChI is InChI=1S/C30H42N6O7.2C2H6/c1-6-31-22(37)15-33-27(42)21(14-20-10-8-7-9-11-20)35-24(39)17-32-23(38)16-34-28(43)30(4,5)18-29(2,3)19-36-25(40)12-13-26(36)41;2*1-2/h7-13,21H,6,14-19H2,1-5H3,(H,31,37)(H,32,38)(H,33,42)(H,34,43)(H,35,39);2*1-2H3. The molecule has 0 spiro atoms. The zero-order valence-electron chi connectivity index (χ0n) is 29.4. The second-order valence-corrected chi connectivity index (χ2v) is 11.8. The van der Waals surface area contributed by atoms with Crippen molar-refractivity contribution in [3.8, 4) is 0 Å². The second kappa shape index (κ2) is 21.3. The Kier molecular flexibility index (Phi) is 19.2. The molecule has 7 amide bonds. The molecule has 2 rings (SSSR count). The highest BCUT2D eigenvalue weighted by molar-refractivity contribution is 6.12. The molecule has 1 aromatic carbocycles. The van der Waals surface area contributed by atoms with E-state index in [2.05, 4.69) is 26.6 Å². The molecule has 0 fully saturated rings. The van der Waals surface area contributed by atoms with Crippen LogP contribution in [0.3, 0.4) is 0 Å². The summed E-state index contributed by atoms with van der Waals surface area (Å²) in [5, 5.41) is 12.7. The second-order valence-electron chi connectivity index (χ2n) is 11.8. The minimum Gasteiger partial charge on any atom is -0.355 e. The molecule has 5 N–H and O–H groups in total. The minimum absolute atomic E-state index is 0.138. The molecule has 47 heavy (non-hydrogen) atoms. The van der Waals surface area contributed by atoms with Gasteiger partial charge in [0.25, 0.3) is 11.8 Å². The number of imide groups is 1. The summed E-state index contributed by atoms with van der Waals surface area (Å²) in [4.78, 5) is 87.4. The Hall–Kier alpha value is -4.55. The van der Waals surface area contributed by atoms with Gasteiger partial charge in [0.15, 0.2) is 0 Å². The Balaban J connectivity index is 0.00000508. The molecule has 262 valence electrons. The smallest absolute Gasteiger partial charge is 0.253 e. The Labute approximate surface area is 279 Å². The molecule has 1 aromatic rings. The Morgan fingerprint density at radius 3 is 1.79 bits per heavy atom. The van der Waals surface area contributed by atoms with Gasteiger partial charge < -0.3 is 26.6 Å². The Morgan fingerprint density at radius 2 is 1.23 bits per heavy atom. The van der Waals surface area contributed by atoms with Crippen molar-refractivity contribution in [1.29, 1.82) is 0 Å². The van der Waals surface area contributed by atoms with Crippen LogP contribution in [0.5, 0.6) is 0 Å². The van der Waals surface area contributed by atoms with E-state index in [4.69, 9.17) is 0 Å². The van der Waals surface area contributed by atoms with Gasteiger partial charge in [0.2, 0.25) is 29.5 Å². The first-order valence-corrected chi connectivity index (χ1v) is 16.1. The highest BCUT2D eigenvalue weighted by Gasteiger charge is 2.38. The highest BCUT2D eigenvalue weighted by Crippen LogP contribution is 2.35. The molecule has 0 saturated heterocycles. The first-order chi connectivity index (χ1) is 22.1. The largest absolute Gasteiger partial charge is 0.355 e. The summed E-state index contributed by atoms with van der Waals surface area (Å²) in [6, 6.07) is 8.01. The lowest BCUT2D eigenvalue weighted by molar-refractivity contribution is -0.139. The van der Waals surface area contributed by atoms with Gasteiger partial charge in [-0.05, 0) is 24.3 Å². The fourth-order valence-corrected chi connectivity index (χ4v) is 4.84. The molecule has 1 atom stereocenters. The van der Waals surface area contributed by atoms with Gasteiger partial charge in [-0.25, -0.2) is 0 Å². The number of amides is 7. The van der Waals surface area contributed by atoms with Gasteiger partial charge >= 0.3 is 0 Å². The van der Waals surface area contributed by atoms with Gasteiger partial charge in [-0.2, -0.15) is 0 Å². The van der Waals surface area contributed by atoms with Gasteiger partial charge in [0.05, 0.1) is 19.6 Å². The lowest BCUT2D eigenvalue weighted by Crippen LogP contribution is -2.52. The maximum absolute atomic E-state index is 12.9. The van der Waals surface area contributed by atoms with E-state index in [-0.39, 0.29) is 32.0 Å². The SMILES string of the molecule is CC.CC.CCNC(=O)CNC(=O)C(Cc1ccccc1)NC(=O)CNC(=O)CNC(=O)C(C)(C)CC(C)(C)CN1C(=O)C=CC1=O. The number of hydrogen-bond acceptors (Lipinski definition) is 7. The summed E-state index contributed by atoms with van der Waals surface area (Å²) < 4.78 is 0. The van der Waals surface area contributed by atoms with Crippen LogP contribution in [-0.2, 0) is 40.0 Å². The first kappa shape index (κ1) is 42.5. The zero-order chi connectivity index (χ0) is 36.2. The quantitative estimate of drug-likeness (QED) is 0.167. The van der Waals surface area contributed by atoms with E-state index < -0.39 is 58.9 Å². The maximum atomic E-state index is 12.9. The number of likely N-dealkylation sites (N-methyl/N-ethyl adjacent to an activating group) is 1. The predicted octanol–water partition coefficient (Wildman–Crippen LogP) is 1.62. The van der Waals surface area contributed by atoms with Crippen molar-refractivity contribution in [3.63, 3.8) is 0 Å². The van der Waals surface area contributed by atoms with Crippen molar-refractivity contribution < 1.29 is 33.6 Å². The molecule has 0 aliphatic carbocycles. The molecular formula is C34H54N6O7. The fourth-order valence-electron chi connectivity index (χ4n) is 4.84. The topological polar surface area (TPSA) is 183 Å². The number of nitrogens with zero attached hydrogens (tertiary/aromatic N) is 1. The van der Waals surface area contributed by atoms with Crippen LogP contribution in [0.25, 0.3) is 0 Å². The van der Waals surface area contributed by atoms with Crippen LogP contribution in [0.2, 0.25) is 0 Å². The molecule has 1 unspecified atom stereocenters. The molecule has 1 heterocycles. The summed E-state index contributed by atoms with van der Waals surface area (Å²) in [6.07, 6.45) is 2.90. The molecule has 0 aromatic heterocycles. The number of carbonyl (C=O) groups is 7. The van der Waals surface area contributed by atoms with E-state index in [1.807, 2.05) is 47.6 Å². The number of rotatable bonds is 16. The molecule has 1 aliphatic rings. The number of nitrogens with one attached hydrogen (secondary N) is 5. The summed E-state index contributed by atoms with van der Waals surface area (Å²) in [6.45, 7) is 16.3. The number of benzene rings is 1. The van der Waals surface area contributed by atoms with Crippen molar-refractivity contribution in [2.24, 2.45) is 10.8 Å². The van der Waals surface area contributed by atoms with Gasteiger partial charge in [0, 0.05) is 37.1 Å². The minimum atomic E-state index is -0.994. The lowest BCUT2D eigenvalue weighted by Gasteiger charge is -2.36. The summed E-state index contributed by atoms with van der Waals surface area (Å²) in [5.74, 6) is -3.36. The van der Waals surface area contributed by atoms with Crippen LogP contribution >= 0.6 is 0 Å². The van der Waals surface area contributed by atoms with Crippen molar-refractivity contribution in [3.05, 3.63) is 48.0 Å². The van der Waals surface area contributed by atoms with Crippen LogP contribution in [-0.4, -0.2) is 85.0 Å². The molecule has 13 nitrogen and oxygen atoms in total. The molecule has 13 heteroatoms. The van der Waals surface area contributed by atoms with E-state index in [1.54, 1.807) is 45.0 Å². The molecular weight excluding hydrogens is 604 g/mol. The van der Waals surface area contributed by atoms with Gasteiger partial charge in [-0.3, -0.25) is 38.5 Å². The summed E-state index contributed by atoms with van der Waals surface area (Å²) >= 11 is 0. The van der Waals surface area contributed by atoms with Crippen LogP contribution in [0.4, 0.5) is 0 Å². The Bertz CT molecular complexity index is 1230. The average molecular weight is 659 g/mol. The van der Waals surface area contributed by atoms with Crippen LogP contribution < -0.4 is 26.6 Å². The van der Waals surface area contributed by atoms with Gasteiger partial charge in [-0.15, -0.1) is 0 Å². The van der Waals surface area contributed by atoms with Crippen molar-refractivity contribution >= 4 is 41.4 Å².